The highest BCUT2D eigenvalue weighted by molar-refractivity contribution is 5.74. The van der Waals surface area contributed by atoms with Crippen LogP contribution in [0.5, 0.6) is 23.3 Å². The van der Waals surface area contributed by atoms with Gasteiger partial charge >= 0.3 is 11.8 Å². The third-order valence-corrected chi connectivity index (χ3v) is 3.76. The molecule has 0 spiro atoms. The maximum absolute atomic E-state index is 11.6. The van der Waals surface area contributed by atoms with Gasteiger partial charge in [-0.05, 0) is 24.0 Å². The predicted molar refractivity (Wildman–Crippen MR) is 84.1 cm³/mol. The van der Waals surface area contributed by atoms with E-state index in [1.165, 1.54) is 25.9 Å². The number of nitrogens with zero attached hydrogens (tertiary/aromatic N) is 3. The van der Waals surface area contributed by atoms with Gasteiger partial charge in [-0.2, -0.15) is 9.55 Å². The van der Waals surface area contributed by atoms with Crippen LogP contribution in [-0.2, 0) is 6.54 Å². The van der Waals surface area contributed by atoms with Gasteiger partial charge in [-0.3, -0.25) is 0 Å². The lowest BCUT2D eigenvalue weighted by atomic mass is 10.1. The number of hydrogen-bond acceptors (Lipinski definition) is 7. The molecule has 0 saturated heterocycles. The molecule has 0 N–H and O–H groups in total. The molecule has 1 unspecified atom stereocenters. The molecule has 0 aliphatic carbocycles. The van der Waals surface area contributed by atoms with Crippen molar-refractivity contribution in [1.82, 2.24) is 9.55 Å². The second-order valence-electron chi connectivity index (χ2n) is 5.28. The molecule has 2 aromatic rings. The van der Waals surface area contributed by atoms with Gasteiger partial charge in [0.2, 0.25) is 5.75 Å². The van der Waals surface area contributed by atoms with Gasteiger partial charge in [0.1, 0.15) is 12.6 Å². The second kappa shape index (κ2) is 5.91. The molecule has 2 heterocycles. The van der Waals surface area contributed by atoms with E-state index in [0.29, 0.717) is 29.4 Å². The highest BCUT2D eigenvalue weighted by atomic mass is 16.6. The quantitative estimate of drug-likeness (QED) is 0.610. The van der Waals surface area contributed by atoms with E-state index in [4.69, 9.17) is 18.9 Å². The van der Waals surface area contributed by atoms with Gasteiger partial charge in [-0.15, -0.1) is 0 Å². The number of rotatable bonds is 5. The number of imidazole rings is 1. The number of fused-ring (bicyclic) bond motifs is 1. The summed E-state index contributed by atoms with van der Waals surface area (Å²) in [5, 5.41) is 11.6. The normalized spacial score (nSPS) is 15.6. The smallest absolute Gasteiger partial charge is 0.392 e. The monoisotopic (exact) mass is 335 g/mol. The van der Waals surface area contributed by atoms with Crippen LogP contribution in [0.1, 0.15) is 6.92 Å². The summed E-state index contributed by atoms with van der Waals surface area (Å²) in [6, 6.07) is 3.48. The Kier molecular flexibility index (Phi) is 3.92. The average Bonchev–Trinajstić information content (AvgIpc) is 3.08. The first kappa shape index (κ1) is 15.9. The summed E-state index contributed by atoms with van der Waals surface area (Å²) >= 11 is 0. The van der Waals surface area contributed by atoms with Crippen LogP contribution in [0.2, 0.25) is 0 Å². The SMILES string of the molecule is COc1cc(-c2nc3n(c2[N+](=O)[O-])CC(C)O3)cc(OC)c1OC. The number of methoxy groups -OCH3 is 3. The van der Waals surface area contributed by atoms with Crippen LogP contribution in [0.4, 0.5) is 5.82 Å². The van der Waals surface area contributed by atoms with Crippen LogP contribution in [0, 0.1) is 10.1 Å². The molecule has 9 heteroatoms. The fourth-order valence-electron chi connectivity index (χ4n) is 2.75. The molecule has 3 rings (SSSR count). The molecule has 1 atom stereocenters. The van der Waals surface area contributed by atoms with Crippen molar-refractivity contribution in [2.75, 3.05) is 21.3 Å². The Hall–Kier alpha value is -2.97. The summed E-state index contributed by atoms with van der Waals surface area (Å²) in [5.41, 5.74) is 0.676. The first-order valence-electron chi connectivity index (χ1n) is 7.22. The second-order valence-corrected chi connectivity index (χ2v) is 5.28. The Morgan fingerprint density at radius 1 is 1.25 bits per heavy atom. The van der Waals surface area contributed by atoms with E-state index in [0.717, 1.165) is 0 Å². The van der Waals surface area contributed by atoms with Crippen LogP contribution in [-0.4, -0.2) is 41.9 Å². The zero-order valence-electron chi connectivity index (χ0n) is 13.7. The largest absolute Gasteiger partial charge is 0.493 e. The number of hydrogen-bond donors (Lipinski definition) is 0. The van der Waals surface area contributed by atoms with E-state index in [1.54, 1.807) is 12.1 Å². The first-order valence-corrected chi connectivity index (χ1v) is 7.22. The Morgan fingerprint density at radius 3 is 2.38 bits per heavy atom. The lowest BCUT2D eigenvalue weighted by molar-refractivity contribution is -0.391. The average molecular weight is 335 g/mol. The number of ether oxygens (including phenoxy) is 4. The predicted octanol–water partition coefficient (Wildman–Crippen LogP) is 2.26. The molecule has 0 fully saturated rings. The van der Waals surface area contributed by atoms with Gasteiger partial charge in [-0.25, -0.2) is 0 Å². The lowest BCUT2D eigenvalue weighted by Gasteiger charge is -2.13. The van der Waals surface area contributed by atoms with Crippen LogP contribution in [0.3, 0.4) is 0 Å². The van der Waals surface area contributed by atoms with Crippen molar-refractivity contribution in [2.24, 2.45) is 0 Å². The van der Waals surface area contributed by atoms with Gasteiger partial charge in [0, 0.05) is 5.56 Å². The van der Waals surface area contributed by atoms with Crippen LogP contribution < -0.4 is 18.9 Å². The Morgan fingerprint density at radius 2 is 1.88 bits per heavy atom. The lowest BCUT2D eigenvalue weighted by Crippen LogP contribution is -2.10. The summed E-state index contributed by atoms with van der Waals surface area (Å²) in [4.78, 5) is 15.4. The molecule has 1 aromatic carbocycles. The zero-order valence-corrected chi connectivity index (χ0v) is 13.7. The van der Waals surface area contributed by atoms with Gasteiger partial charge in [0.15, 0.2) is 17.2 Å². The van der Waals surface area contributed by atoms with E-state index in [9.17, 15) is 10.1 Å². The molecule has 0 bridgehead atoms. The Bertz CT molecular complexity index is 776. The molecule has 0 saturated carbocycles. The fraction of sp³-hybridized carbons (Fsp3) is 0.400. The molecular formula is C15H17N3O6. The zero-order chi connectivity index (χ0) is 17.4. The maximum atomic E-state index is 11.6. The van der Waals surface area contributed by atoms with E-state index in [-0.39, 0.29) is 23.6 Å². The van der Waals surface area contributed by atoms with Crippen molar-refractivity contribution in [3.63, 3.8) is 0 Å². The highest BCUT2D eigenvalue weighted by Gasteiger charge is 2.36. The topological polar surface area (TPSA) is 97.9 Å². The van der Waals surface area contributed by atoms with Crippen molar-refractivity contribution in [1.29, 1.82) is 0 Å². The Balaban J connectivity index is 2.20. The van der Waals surface area contributed by atoms with Crippen molar-refractivity contribution in [2.45, 2.75) is 19.6 Å². The van der Waals surface area contributed by atoms with Gasteiger partial charge in [0.25, 0.3) is 0 Å². The molecule has 24 heavy (non-hydrogen) atoms. The summed E-state index contributed by atoms with van der Waals surface area (Å²) in [7, 11) is 4.45. The van der Waals surface area contributed by atoms with E-state index in [2.05, 4.69) is 4.98 Å². The minimum atomic E-state index is -0.462. The van der Waals surface area contributed by atoms with Crippen molar-refractivity contribution >= 4 is 5.82 Å². The molecule has 1 aliphatic rings. The maximum Gasteiger partial charge on any atom is 0.392 e. The molecule has 0 amide bonds. The summed E-state index contributed by atoms with van der Waals surface area (Å²) in [6.07, 6.45) is -0.153. The van der Waals surface area contributed by atoms with Gasteiger partial charge in [0.05, 0.1) is 21.3 Å². The molecule has 1 aromatic heterocycles. The molecule has 0 radical (unpaired) electrons. The standard InChI is InChI=1S/C15H17N3O6/c1-8-7-17-14(18(19)20)12(16-15(17)24-8)9-5-10(21-2)13(23-4)11(6-9)22-3/h5-6,8H,7H2,1-4H3. The molecular weight excluding hydrogens is 318 g/mol. The molecule has 9 nitrogen and oxygen atoms in total. The summed E-state index contributed by atoms with van der Waals surface area (Å²) in [6.45, 7) is 2.21. The summed E-state index contributed by atoms with van der Waals surface area (Å²) in [5.74, 6) is 1.07. The van der Waals surface area contributed by atoms with Gasteiger partial charge in [-0.1, -0.05) is 0 Å². The fourth-order valence-corrected chi connectivity index (χ4v) is 2.75. The number of nitro groups is 1. The van der Waals surface area contributed by atoms with Crippen molar-refractivity contribution in [3.05, 3.63) is 22.2 Å². The number of benzene rings is 1. The van der Waals surface area contributed by atoms with Crippen molar-refractivity contribution < 1.29 is 23.9 Å². The third-order valence-electron chi connectivity index (χ3n) is 3.76. The van der Waals surface area contributed by atoms with Crippen LogP contribution in [0.25, 0.3) is 11.3 Å². The van der Waals surface area contributed by atoms with E-state index in [1.807, 2.05) is 6.92 Å². The van der Waals surface area contributed by atoms with Crippen LogP contribution in [0.15, 0.2) is 12.1 Å². The van der Waals surface area contributed by atoms with E-state index < -0.39 is 4.92 Å². The van der Waals surface area contributed by atoms with Gasteiger partial charge < -0.3 is 29.1 Å². The third kappa shape index (κ3) is 2.38. The summed E-state index contributed by atoms with van der Waals surface area (Å²) < 4.78 is 22.8. The minimum Gasteiger partial charge on any atom is -0.493 e. The first-order chi connectivity index (χ1) is 11.5. The molecule has 1 aliphatic heterocycles. The minimum absolute atomic E-state index is 0.122. The highest BCUT2D eigenvalue weighted by Crippen LogP contribution is 2.44. The Labute approximate surface area is 137 Å². The van der Waals surface area contributed by atoms with Crippen molar-refractivity contribution in [3.8, 4) is 34.5 Å². The molecule has 128 valence electrons. The van der Waals surface area contributed by atoms with E-state index >= 15 is 0 Å². The van der Waals surface area contributed by atoms with Crippen LogP contribution >= 0.6 is 0 Å². The number of aromatic nitrogens is 2.